The number of hydrogen-bond acceptors (Lipinski definition) is 3. The molecule has 3 aromatic rings. The van der Waals surface area contributed by atoms with Crippen LogP contribution >= 0.6 is 11.6 Å². The second kappa shape index (κ2) is 9.20. The van der Waals surface area contributed by atoms with Crippen molar-refractivity contribution < 1.29 is 9.90 Å². The van der Waals surface area contributed by atoms with Gasteiger partial charge in [0.2, 0.25) is 0 Å². The molecule has 0 spiro atoms. The van der Waals surface area contributed by atoms with Crippen molar-refractivity contribution in [3.05, 3.63) is 117 Å². The van der Waals surface area contributed by atoms with Crippen LogP contribution in [0.4, 0.5) is 5.69 Å². The second-order valence-corrected chi connectivity index (χ2v) is 9.71. The lowest BCUT2D eigenvalue weighted by molar-refractivity contribution is -0.116. The Morgan fingerprint density at radius 1 is 0.971 bits per heavy atom. The number of anilines is 1. The summed E-state index contributed by atoms with van der Waals surface area (Å²) >= 11 is 6.32. The number of ketones is 1. The summed E-state index contributed by atoms with van der Waals surface area (Å²) in [6, 6.07) is 22.9. The van der Waals surface area contributed by atoms with Crippen LogP contribution in [0.1, 0.15) is 47.4 Å². The number of halogens is 1. The molecule has 0 fully saturated rings. The molecule has 1 aliphatic heterocycles. The molecule has 2 aliphatic rings. The number of allylic oxidation sites excluding steroid dienone is 2. The van der Waals surface area contributed by atoms with Gasteiger partial charge < -0.3 is 5.11 Å². The first kappa shape index (κ1) is 23.1. The zero-order valence-electron chi connectivity index (χ0n) is 19.8. The topological polar surface area (TPSA) is 64.4 Å². The summed E-state index contributed by atoms with van der Waals surface area (Å²) in [6.45, 7) is 4.01. The molecule has 5 rings (SSSR count). The number of aliphatic hydroxyl groups is 1. The van der Waals surface area contributed by atoms with E-state index in [1.54, 1.807) is 17.0 Å². The standard InChI is InChI=1S/C30H27ClN2O2/c1-18-9-13-20(14-10-18)26-27-24(7-4-8-25(27)34)33(23-6-3-5-22(31)17-23)30(32)28(26)29(35)21-15-11-19(2)12-16-21/h3,5-6,9-17,26,32,35H,4,7-8H2,1-2H3/b29-28+,32-30?. The number of carbonyl (C=O) groups is 1. The third-order valence-corrected chi connectivity index (χ3v) is 7.05. The Labute approximate surface area is 210 Å². The predicted octanol–water partition coefficient (Wildman–Crippen LogP) is 7.51. The fourth-order valence-corrected chi connectivity index (χ4v) is 5.24. The molecule has 0 saturated carbocycles. The Kier molecular flexibility index (Phi) is 6.08. The average molecular weight is 483 g/mol. The number of nitrogens with zero attached hydrogens (tertiary/aromatic N) is 1. The summed E-state index contributed by atoms with van der Waals surface area (Å²) in [5.74, 6) is -0.296. The van der Waals surface area contributed by atoms with Gasteiger partial charge in [0.1, 0.15) is 11.6 Å². The molecule has 0 amide bonds. The molecule has 35 heavy (non-hydrogen) atoms. The van der Waals surface area contributed by atoms with Crippen LogP contribution in [0.3, 0.4) is 0 Å². The van der Waals surface area contributed by atoms with Gasteiger partial charge in [-0.3, -0.25) is 15.1 Å². The normalized spacial score (nSPS) is 19.6. The van der Waals surface area contributed by atoms with Gasteiger partial charge >= 0.3 is 0 Å². The van der Waals surface area contributed by atoms with Crippen LogP contribution in [0, 0.1) is 19.3 Å². The van der Waals surface area contributed by atoms with E-state index in [-0.39, 0.29) is 17.4 Å². The third kappa shape index (κ3) is 4.19. The van der Waals surface area contributed by atoms with Crippen molar-refractivity contribution in [1.29, 1.82) is 5.41 Å². The summed E-state index contributed by atoms with van der Waals surface area (Å²) < 4.78 is 0. The van der Waals surface area contributed by atoms with Gasteiger partial charge in [-0.2, -0.15) is 0 Å². The number of aryl methyl sites for hydroxylation is 2. The molecule has 2 N–H and O–H groups in total. The van der Waals surface area contributed by atoms with Crippen molar-refractivity contribution in [2.75, 3.05) is 4.90 Å². The highest BCUT2D eigenvalue weighted by Gasteiger charge is 2.43. The van der Waals surface area contributed by atoms with Gasteiger partial charge in [0.25, 0.3) is 0 Å². The number of hydrogen-bond donors (Lipinski definition) is 2. The van der Waals surface area contributed by atoms with E-state index in [0.717, 1.165) is 28.8 Å². The van der Waals surface area contributed by atoms with Gasteiger partial charge in [0, 0.05) is 45.5 Å². The fraction of sp³-hybridized carbons (Fsp3) is 0.200. The van der Waals surface area contributed by atoms with Crippen LogP contribution in [0.2, 0.25) is 5.02 Å². The largest absolute Gasteiger partial charge is 0.507 e. The van der Waals surface area contributed by atoms with E-state index in [1.807, 2.05) is 74.5 Å². The van der Waals surface area contributed by atoms with Crippen LogP contribution in [0.15, 0.2) is 89.6 Å². The molecule has 0 bridgehead atoms. The lowest BCUT2D eigenvalue weighted by Crippen LogP contribution is -2.42. The summed E-state index contributed by atoms with van der Waals surface area (Å²) in [5, 5.41) is 21.6. The number of nitrogens with one attached hydrogen (secondary N) is 1. The zero-order chi connectivity index (χ0) is 24.7. The quantitative estimate of drug-likeness (QED) is 0.379. The first-order chi connectivity index (χ1) is 16.8. The Hall–Kier alpha value is -3.63. The highest BCUT2D eigenvalue weighted by molar-refractivity contribution is 6.31. The molecule has 0 saturated heterocycles. The monoisotopic (exact) mass is 482 g/mol. The van der Waals surface area contributed by atoms with E-state index >= 15 is 0 Å². The van der Waals surface area contributed by atoms with E-state index in [4.69, 9.17) is 11.6 Å². The molecule has 176 valence electrons. The van der Waals surface area contributed by atoms with Crippen LogP contribution in [0.5, 0.6) is 0 Å². The molecular weight excluding hydrogens is 456 g/mol. The van der Waals surface area contributed by atoms with Gasteiger partial charge in [0.15, 0.2) is 5.78 Å². The molecular formula is C30H27ClN2O2. The number of rotatable bonds is 3. The zero-order valence-corrected chi connectivity index (χ0v) is 20.6. The van der Waals surface area contributed by atoms with Crippen LogP contribution in [-0.2, 0) is 4.79 Å². The van der Waals surface area contributed by atoms with Crippen molar-refractivity contribution in [2.45, 2.75) is 39.0 Å². The molecule has 0 radical (unpaired) electrons. The SMILES string of the molecule is Cc1ccc(/C(O)=C2\C(=N)N(c3cccc(Cl)c3)C3=C(C(=O)CCC3)C2c2ccc(C)cc2)cc1. The Morgan fingerprint density at radius 2 is 1.63 bits per heavy atom. The summed E-state index contributed by atoms with van der Waals surface area (Å²) in [6.07, 6.45) is 1.86. The van der Waals surface area contributed by atoms with Crippen molar-refractivity contribution in [3.8, 4) is 0 Å². The molecule has 5 heteroatoms. The molecule has 0 aromatic heterocycles. The first-order valence-electron chi connectivity index (χ1n) is 11.8. The number of Topliss-reactive ketones (excluding diaryl/α,β-unsaturated/α-hetero) is 1. The summed E-state index contributed by atoms with van der Waals surface area (Å²) in [5.41, 5.74) is 6.30. The first-order valence-corrected chi connectivity index (χ1v) is 12.2. The van der Waals surface area contributed by atoms with Crippen molar-refractivity contribution in [1.82, 2.24) is 0 Å². The minimum absolute atomic E-state index is 0.0116. The Morgan fingerprint density at radius 3 is 2.29 bits per heavy atom. The van der Waals surface area contributed by atoms with Gasteiger partial charge in [-0.25, -0.2) is 0 Å². The maximum absolute atomic E-state index is 13.5. The number of benzene rings is 3. The summed E-state index contributed by atoms with van der Waals surface area (Å²) in [4.78, 5) is 15.3. The smallest absolute Gasteiger partial charge is 0.161 e. The molecule has 1 unspecified atom stereocenters. The highest BCUT2D eigenvalue weighted by Crippen LogP contribution is 2.48. The van der Waals surface area contributed by atoms with Gasteiger partial charge in [-0.1, -0.05) is 77.3 Å². The van der Waals surface area contributed by atoms with Crippen molar-refractivity contribution in [2.24, 2.45) is 0 Å². The molecule has 4 nitrogen and oxygen atoms in total. The lowest BCUT2D eigenvalue weighted by atomic mass is 9.73. The van der Waals surface area contributed by atoms with Crippen LogP contribution < -0.4 is 4.90 Å². The van der Waals surface area contributed by atoms with Crippen LogP contribution in [0.25, 0.3) is 5.76 Å². The molecule has 1 aliphatic carbocycles. The fourth-order valence-electron chi connectivity index (χ4n) is 5.05. The minimum Gasteiger partial charge on any atom is -0.507 e. The summed E-state index contributed by atoms with van der Waals surface area (Å²) in [7, 11) is 0. The second-order valence-electron chi connectivity index (χ2n) is 9.27. The Balaban J connectivity index is 1.82. The Bertz CT molecular complexity index is 1380. The van der Waals surface area contributed by atoms with E-state index in [2.05, 4.69) is 0 Å². The van der Waals surface area contributed by atoms with E-state index in [0.29, 0.717) is 40.3 Å². The van der Waals surface area contributed by atoms with Crippen LogP contribution in [-0.4, -0.2) is 16.7 Å². The number of amidine groups is 1. The number of carbonyl (C=O) groups excluding carboxylic acids is 1. The van der Waals surface area contributed by atoms with Gasteiger partial charge in [-0.05, 0) is 50.5 Å². The maximum Gasteiger partial charge on any atom is 0.161 e. The van der Waals surface area contributed by atoms with Gasteiger partial charge in [-0.15, -0.1) is 0 Å². The lowest BCUT2D eigenvalue weighted by Gasteiger charge is -2.41. The maximum atomic E-state index is 13.5. The predicted molar refractivity (Wildman–Crippen MR) is 142 cm³/mol. The molecule has 1 heterocycles. The van der Waals surface area contributed by atoms with Crippen molar-refractivity contribution >= 4 is 34.7 Å². The third-order valence-electron chi connectivity index (χ3n) is 6.81. The van der Waals surface area contributed by atoms with E-state index in [1.165, 1.54) is 0 Å². The molecule has 3 aromatic carbocycles. The minimum atomic E-state index is -0.525. The van der Waals surface area contributed by atoms with Gasteiger partial charge in [0.05, 0.1) is 0 Å². The number of aliphatic hydroxyl groups excluding tert-OH is 1. The van der Waals surface area contributed by atoms with Crippen molar-refractivity contribution in [3.63, 3.8) is 0 Å². The average Bonchev–Trinajstić information content (AvgIpc) is 2.84. The highest BCUT2D eigenvalue weighted by atomic mass is 35.5. The molecule has 1 atom stereocenters. The van der Waals surface area contributed by atoms with E-state index < -0.39 is 5.92 Å². The van der Waals surface area contributed by atoms with E-state index in [9.17, 15) is 15.3 Å².